The smallest absolute Gasteiger partial charge is 0.240 e. The van der Waals surface area contributed by atoms with Gasteiger partial charge in [0.1, 0.15) is 0 Å². The van der Waals surface area contributed by atoms with Crippen molar-refractivity contribution < 1.29 is 8.42 Å². The fourth-order valence-electron chi connectivity index (χ4n) is 1.81. The highest BCUT2D eigenvalue weighted by Gasteiger charge is 2.17. The molecule has 5 nitrogen and oxygen atoms in total. The molecule has 19 heavy (non-hydrogen) atoms. The van der Waals surface area contributed by atoms with Gasteiger partial charge in [-0.15, -0.1) is 0 Å². The molecule has 0 fully saturated rings. The van der Waals surface area contributed by atoms with Gasteiger partial charge in [-0.1, -0.05) is 0 Å². The van der Waals surface area contributed by atoms with Crippen LogP contribution in [-0.4, -0.2) is 40.5 Å². The number of hydrogen-bond donors (Lipinski definition) is 2. The summed E-state index contributed by atoms with van der Waals surface area (Å²) in [7, 11) is 0.434. The maximum Gasteiger partial charge on any atom is 0.240 e. The van der Waals surface area contributed by atoms with E-state index in [0.29, 0.717) is 12.2 Å². The van der Waals surface area contributed by atoms with Gasteiger partial charge in [0, 0.05) is 12.2 Å². The molecular weight excluding hydrogens is 262 g/mol. The maximum atomic E-state index is 12.2. The van der Waals surface area contributed by atoms with Gasteiger partial charge in [-0.05, 0) is 64.2 Å². The van der Waals surface area contributed by atoms with Crippen LogP contribution in [0.15, 0.2) is 17.0 Å². The fraction of sp³-hybridized carbons (Fsp3) is 0.538. The van der Waals surface area contributed by atoms with E-state index in [1.807, 2.05) is 25.9 Å². The Morgan fingerprint density at radius 1 is 1.26 bits per heavy atom. The van der Waals surface area contributed by atoms with Gasteiger partial charge in [0.05, 0.1) is 4.90 Å². The second kappa shape index (κ2) is 6.36. The molecule has 0 aliphatic carbocycles. The molecule has 0 unspecified atom stereocenters. The first-order valence-corrected chi connectivity index (χ1v) is 7.73. The molecule has 0 saturated heterocycles. The summed E-state index contributed by atoms with van der Waals surface area (Å²) in [6, 6.07) is 3.29. The monoisotopic (exact) mass is 285 g/mol. The van der Waals surface area contributed by atoms with Crippen LogP contribution in [0.2, 0.25) is 0 Å². The molecule has 0 spiro atoms. The summed E-state index contributed by atoms with van der Waals surface area (Å²) in [5, 5.41) is 0. The summed E-state index contributed by atoms with van der Waals surface area (Å²) in [6.45, 7) is 4.92. The second-order valence-corrected chi connectivity index (χ2v) is 6.75. The number of nitrogen functional groups attached to an aromatic ring is 1. The number of nitrogens with zero attached hydrogens (tertiary/aromatic N) is 1. The number of rotatable bonds is 6. The number of nitrogens with one attached hydrogen (secondary N) is 1. The Morgan fingerprint density at radius 3 is 2.47 bits per heavy atom. The minimum atomic E-state index is -3.48. The molecule has 1 aromatic rings. The summed E-state index contributed by atoms with van der Waals surface area (Å²) in [4.78, 5) is 2.29. The third-order valence-electron chi connectivity index (χ3n) is 3.01. The Bertz CT molecular complexity index is 539. The largest absolute Gasteiger partial charge is 0.399 e. The highest BCUT2D eigenvalue weighted by atomic mass is 32.2. The molecule has 3 N–H and O–H groups in total. The van der Waals surface area contributed by atoms with E-state index < -0.39 is 10.0 Å². The van der Waals surface area contributed by atoms with Crippen molar-refractivity contribution in [3.05, 3.63) is 23.3 Å². The lowest BCUT2D eigenvalue weighted by Crippen LogP contribution is -2.28. The van der Waals surface area contributed by atoms with Crippen LogP contribution in [0, 0.1) is 13.8 Å². The predicted molar refractivity (Wildman–Crippen MR) is 78.7 cm³/mol. The first kappa shape index (κ1) is 15.9. The van der Waals surface area contributed by atoms with E-state index in [9.17, 15) is 8.42 Å². The molecule has 108 valence electrons. The average molecular weight is 285 g/mol. The predicted octanol–water partition coefficient (Wildman–Crippen LogP) is 1.12. The quantitative estimate of drug-likeness (QED) is 0.606. The third-order valence-corrected chi connectivity index (χ3v) is 4.59. The van der Waals surface area contributed by atoms with Crippen molar-refractivity contribution in [2.75, 3.05) is 32.9 Å². The van der Waals surface area contributed by atoms with Crippen molar-refractivity contribution >= 4 is 15.7 Å². The van der Waals surface area contributed by atoms with E-state index in [1.165, 1.54) is 6.07 Å². The molecule has 0 aliphatic heterocycles. The summed E-state index contributed by atoms with van der Waals surface area (Å²) in [6.07, 6.45) is 0.770. The van der Waals surface area contributed by atoms with Crippen molar-refractivity contribution in [1.29, 1.82) is 0 Å². The molecule has 1 aromatic carbocycles. The minimum Gasteiger partial charge on any atom is -0.399 e. The third kappa shape index (κ3) is 4.49. The summed E-state index contributed by atoms with van der Waals surface area (Å²) in [5.74, 6) is 0. The van der Waals surface area contributed by atoms with Gasteiger partial charge in [-0.25, -0.2) is 13.1 Å². The van der Waals surface area contributed by atoms with E-state index >= 15 is 0 Å². The van der Waals surface area contributed by atoms with Crippen molar-refractivity contribution in [2.45, 2.75) is 25.2 Å². The van der Waals surface area contributed by atoms with Gasteiger partial charge in [-0.3, -0.25) is 0 Å². The van der Waals surface area contributed by atoms with E-state index in [1.54, 1.807) is 13.0 Å². The molecular formula is C13H23N3O2S. The summed E-state index contributed by atoms with van der Waals surface area (Å²) >= 11 is 0. The number of hydrogen-bond acceptors (Lipinski definition) is 4. The summed E-state index contributed by atoms with van der Waals surface area (Å²) in [5.41, 5.74) is 7.82. The van der Waals surface area contributed by atoms with Crippen molar-refractivity contribution in [1.82, 2.24) is 9.62 Å². The Balaban J connectivity index is 2.83. The number of anilines is 1. The van der Waals surface area contributed by atoms with Crippen LogP contribution >= 0.6 is 0 Å². The number of nitrogens with two attached hydrogens (primary N) is 1. The SMILES string of the molecule is Cc1cc(N)cc(S(=O)(=O)NCCCN(C)C)c1C. The Labute approximate surface area is 115 Å². The van der Waals surface area contributed by atoms with Crippen molar-refractivity contribution in [2.24, 2.45) is 0 Å². The highest BCUT2D eigenvalue weighted by Crippen LogP contribution is 2.22. The molecule has 0 aliphatic rings. The number of sulfonamides is 1. The average Bonchev–Trinajstić information content (AvgIpc) is 2.29. The van der Waals surface area contributed by atoms with Gasteiger partial charge in [0.2, 0.25) is 10.0 Å². The first-order valence-electron chi connectivity index (χ1n) is 6.25. The Kier molecular flexibility index (Phi) is 5.34. The molecule has 0 atom stereocenters. The molecule has 0 heterocycles. The minimum absolute atomic E-state index is 0.273. The molecule has 6 heteroatoms. The molecule has 0 aromatic heterocycles. The lowest BCUT2D eigenvalue weighted by atomic mass is 10.1. The molecule has 0 saturated carbocycles. The standard InChI is InChI=1S/C13H23N3O2S/c1-10-8-12(14)9-13(11(10)2)19(17,18)15-6-5-7-16(3)4/h8-9,15H,5-7,14H2,1-4H3. The lowest BCUT2D eigenvalue weighted by molar-refractivity contribution is 0.400. The Hall–Kier alpha value is -1.11. The van der Waals surface area contributed by atoms with E-state index in [4.69, 9.17) is 5.73 Å². The normalized spacial score (nSPS) is 12.1. The molecule has 1 rings (SSSR count). The van der Waals surface area contributed by atoms with Crippen LogP contribution in [0.3, 0.4) is 0 Å². The van der Waals surface area contributed by atoms with Crippen molar-refractivity contribution in [3.63, 3.8) is 0 Å². The number of benzene rings is 1. The zero-order chi connectivity index (χ0) is 14.6. The first-order chi connectivity index (χ1) is 8.74. The zero-order valence-corrected chi connectivity index (χ0v) is 12.8. The van der Waals surface area contributed by atoms with Crippen LogP contribution in [-0.2, 0) is 10.0 Å². The lowest BCUT2D eigenvalue weighted by Gasteiger charge is -2.13. The maximum absolute atomic E-state index is 12.2. The van der Waals surface area contributed by atoms with Crippen LogP contribution in [0.4, 0.5) is 5.69 Å². The topological polar surface area (TPSA) is 75.4 Å². The van der Waals surface area contributed by atoms with Crippen LogP contribution in [0.1, 0.15) is 17.5 Å². The second-order valence-electron chi connectivity index (χ2n) is 5.02. The van der Waals surface area contributed by atoms with E-state index in [-0.39, 0.29) is 4.90 Å². The Morgan fingerprint density at radius 2 is 1.89 bits per heavy atom. The van der Waals surface area contributed by atoms with Crippen LogP contribution in [0.5, 0.6) is 0 Å². The summed E-state index contributed by atoms with van der Waals surface area (Å²) < 4.78 is 27.1. The molecule has 0 radical (unpaired) electrons. The van der Waals surface area contributed by atoms with Gasteiger partial charge in [-0.2, -0.15) is 0 Å². The van der Waals surface area contributed by atoms with E-state index in [2.05, 4.69) is 4.72 Å². The zero-order valence-electron chi connectivity index (χ0n) is 12.0. The van der Waals surface area contributed by atoms with Crippen LogP contribution < -0.4 is 10.5 Å². The van der Waals surface area contributed by atoms with Gasteiger partial charge in [0.15, 0.2) is 0 Å². The highest BCUT2D eigenvalue weighted by molar-refractivity contribution is 7.89. The van der Waals surface area contributed by atoms with E-state index in [0.717, 1.165) is 24.1 Å². The molecule has 0 bridgehead atoms. The van der Waals surface area contributed by atoms with Gasteiger partial charge < -0.3 is 10.6 Å². The fourth-order valence-corrected chi connectivity index (χ4v) is 3.24. The van der Waals surface area contributed by atoms with Crippen LogP contribution in [0.25, 0.3) is 0 Å². The van der Waals surface area contributed by atoms with Gasteiger partial charge in [0.25, 0.3) is 0 Å². The number of aryl methyl sites for hydroxylation is 1. The van der Waals surface area contributed by atoms with Crippen molar-refractivity contribution in [3.8, 4) is 0 Å². The van der Waals surface area contributed by atoms with Gasteiger partial charge >= 0.3 is 0 Å². The molecule has 0 amide bonds.